The summed E-state index contributed by atoms with van der Waals surface area (Å²) >= 11 is 5.50. The summed E-state index contributed by atoms with van der Waals surface area (Å²) in [6.07, 6.45) is 4.15. The first-order valence-electron chi connectivity index (χ1n) is 6.35. The van der Waals surface area contributed by atoms with Gasteiger partial charge in [-0.2, -0.15) is 0 Å². The van der Waals surface area contributed by atoms with Crippen molar-refractivity contribution in [2.24, 2.45) is 0 Å². The minimum absolute atomic E-state index is 0.0891. The molecule has 0 aliphatic carbocycles. The maximum absolute atomic E-state index is 5.50. The topological polar surface area (TPSA) is 31.1 Å². The molecule has 0 amide bonds. The molecule has 1 aromatic carbocycles. The maximum Gasteiger partial charge on any atom is 0.178 e. The third-order valence-corrected chi connectivity index (χ3v) is 3.64. The lowest BCUT2D eigenvalue weighted by Crippen LogP contribution is -2.53. The molecule has 3 nitrogen and oxygen atoms in total. The Morgan fingerprint density at radius 3 is 2.74 bits per heavy atom. The number of aromatic nitrogens is 1. The van der Waals surface area contributed by atoms with Crippen LogP contribution in [-0.2, 0) is 0 Å². The number of rotatable bonds is 1. The van der Waals surface area contributed by atoms with Crippen LogP contribution in [0.2, 0.25) is 0 Å². The minimum Gasteiger partial charge on any atom is -0.361 e. The number of H-pyrrole nitrogens is 1. The van der Waals surface area contributed by atoms with E-state index in [1.165, 1.54) is 5.39 Å². The molecule has 0 bridgehead atoms. The largest absolute Gasteiger partial charge is 0.361 e. The van der Waals surface area contributed by atoms with Gasteiger partial charge in [-0.25, -0.2) is 0 Å². The summed E-state index contributed by atoms with van der Waals surface area (Å²) < 4.78 is 0. The number of fused-ring (bicyclic) bond motifs is 1. The Labute approximate surface area is 118 Å². The average Bonchev–Trinajstić information content (AvgIpc) is 2.73. The van der Waals surface area contributed by atoms with Crippen molar-refractivity contribution >= 4 is 33.9 Å². The molecule has 0 saturated heterocycles. The van der Waals surface area contributed by atoms with Gasteiger partial charge < -0.3 is 10.3 Å². The first-order valence-corrected chi connectivity index (χ1v) is 6.76. The van der Waals surface area contributed by atoms with E-state index in [-0.39, 0.29) is 5.54 Å². The number of aromatic amines is 1. The Morgan fingerprint density at radius 2 is 2.00 bits per heavy atom. The molecular weight excluding hydrogens is 254 g/mol. The van der Waals surface area contributed by atoms with Gasteiger partial charge in [0, 0.05) is 17.4 Å². The van der Waals surface area contributed by atoms with Gasteiger partial charge in [-0.15, -0.1) is 0 Å². The van der Waals surface area contributed by atoms with Gasteiger partial charge in [0.2, 0.25) is 0 Å². The normalized spacial score (nSPS) is 18.4. The third kappa shape index (κ3) is 2.12. The zero-order valence-corrected chi connectivity index (χ0v) is 12.1. The summed E-state index contributed by atoms with van der Waals surface area (Å²) in [5.41, 5.74) is 3.27. The zero-order valence-electron chi connectivity index (χ0n) is 11.3. The molecule has 2 N–H and O–H groups in total. The van der Waals surface area contributed by atoms with Crippen LogP contribution < -0.4 is 10.2 Å². The molecule has 0 radical (unpaired) electrons. The highest BCUT2D eigenvalue weighted by Crippen LogP contribution is 2.28. The minimum atomic E-state index is -0.0891. The van der Waals surface area contributed by atoms with Crippen LogP contribution in [0.5, 0.6) is 0 Å². The van der Waals surface area contributed by atoms with E-state index in [0.717, 1.165) is 22.0 Å². The van der Waals surface area contributed by atoms with Gasteiger partial charge in [0.1, 0.15) is 0 Å². The van der Waals surface area contributed by atoms with E-state index in [0.29, 0.717) is 0 Å². The first-order chi connectivity index (χ1) is 8.96. The lowest BCUT2D eigenvalue weighted by Gasteiger charge is -2.38. The number of hydrogen-bond donors (Lipinski definition) is 2. The molecule has 2 aromatic rings. The first kappa shape index (κ1) is 12.2. The van der Waals surface area contributed by atoms with E-state index in [1.807, 2.05) is 6.20 Å². The van der Waals surface area contributed by atoms with E-state index in [4.69, 9.17) is 12.2 Å². The van der Waals surface area contributed by atoms with Crippen molar-refractivity contribution in [3.8, 4) is 0 Å². The predicted molar refractivity (Wildman–Crippen MR) is 84.3 cm³/mol. The maximum atomic E-state index is 5.50. The summed E-state index contributed by atoms with van der Waals surface area (Å²) in [5.74, 6) is 0. The van der Waals surface area contributed by atoms with Gasteiger partial charge in [0.25, 0.3) is 0 Å². The monoisotopic (exact) mass is 271 g/mol. The highest BCUT2D eigenvalue weighted by molar-refractivity contribution is 7.80. The fourth-order valence-corrected chi connectivity index (χ4v) is 3.12. The lowest BCUT2D eigenvalue weighted by molar-refractivity contribution is 0.560. The van der Waals surface area contributed by atoms with Crippen LogP contribution in [0, 0.1) is 0 Å². The van der Waals surface area contributed by atoms with E-state index in [2.05, 4.69) is 66.3 Å². The standard InChI is InChI=1S/C15H17N3S/c1-10-9-15(2,3)17-14(19)18(10)12-5-4-11-6-7-16-13(11)8-12/h4-9,16H,1-3H3,(H,17,19). The molecule has 3 rings (SSSR count). The van der Waals surface area contributed by atoms with Crippen LogP contribution in [0.1, 0.15) is 20.8 Å². The van der Waals surface area contributed by atoms with Crippen molar-refractivity contribution in [2.45, 2.75) is 26.3 Å². The molecule has 4 heteroatoms. The Hall–Kier alpha value is -1.81. The van der Waals surface area contributed by atoms with Crippen molar-refractivity contribution in [1.82, 2.24) is 10.3 Å². The molecule has 1 aromatic heterocycles. The fraction of sp³-hybridized carbons (Fsp3) is 0.267. The van der Waals surface area contributed by atoms with Crippen molar-refractivity contribution in [3.63, 3.8) is 0 Å². The van der Waals surface area contributed by atoms with Crippen LogP contribution >= 0.6 is 12.2 Å². The highest BCUT2D eigenvalue weighted by atomic mass is 32.1. The Morgan fingerprint density at radius 1 is 1.21 bits per heavy atom. The average molecular weight is 271 g/mol. The summed E-state index contributed by atoms with van der Waals surface area (Å²) in [6, 6.07) is 8.40. The van der Waals surface area contributed by atoms with E-state index >= 15 is 0 Å². The summed E-state index contributed by atoms with van der Waals surface area (Å²) in [6.45, 7) is 6.33. The molecule has 0 spiro atoms. The van der Waals surface area contributed by atoms with Crippen molar-refractivity contribution < 1.29 is 0 Å². The Bertz CT molecular complexity index is 682. The van der Waals surface area contributed by atoms with Crippen LogP contribution in [0.15, 0.2) is 42.2 Å². The summed E-state index contributed by atoms with van der Waals surface area (Å²) in [5, 5.41) is 5.30. The zero-order chi connectivity index (χ0) is 13.6. The van der Waals surface area contributed by atoms with Gasteiger partial charge in [-0.05, 0) is 62.7 Å². The van der Waals surface area contributed by atoms with Crippen LogP contribution in [0.25, 0.3) is 10.9 Å². The van der Waals surface area contributed by atoms with Gasteiger partial charge in [-0.3, -0.25) is 4.90 Å². The van der Waals surface area contributed by atoms with E-state index in [9.17, 15) is 0 Å². The molecule has 0 atom stereocenters. The number of benzene rings is 1. The summed E-state index contributed by atoms with van der Waals surface area (Å²) in [4.78, 5) is 5.31. The molecule has 1 aliphatic heterocycles. The second-order valence-corrected chi connectivity index (χ2v) is 5.91. The van der Waals surface area contributed by atoms with Crippen molar-refractivity contribution in [1.29, 1.82) is 0 Å². The second-order valence-electron chi connectivity index (χ2n) is 5.52. The quantitative estimate of drug-likeness (QED) is 0.778. The van der Waals surface area contributed by atoms with Crippen molar-refractivity contribution in [2.75, 3.05) is 4.90 Å². The number of thiocarbonyl (C=S) groups is 1. The Kier molecular flexibility index (Phi) is 2.64. The Balaban J connectivity index is 2.07. The molecule has 19 heavy (non-hydrogen) atoms. The molecule has 1 aliphatic rings. The number of nitrogens with one attached hydrogen (secondary N) is 2. The molecule has 0 unspecified atom stereocenters. The summed E-state index contributed by atoms with van der Waals surface area (Å²) in [7, 11) is 0. The van der Waals surface area contributed by atoms with Crippen molar-refractivity contribution in [3.05, 3.63) is 42.2 Å². The van der Waals surface area contributed by atoms with Gasteiger partial charge in [-0.1, -0.05) is 6.07 Å². The molecule has 2 heterocycles. The number of nitrogens with zero attached hydrogens (tertiary/aromatic N) is 1. The highest BCUT2D eigenvalue weighted by Gasteiger charge is 2.27. The van der Waals surface area contributed by atoms with Crippen LogP contribution in [0.3, 0.4) is 0 Å². The second kappa shape index (κ2) is 4.10. The number of allylic oxidation sites excluding steroid dienone is 1. The number of hydrogen-bond acceptors (Lipinski definition) is 1. The van der Waals surface area contributed by atoms with Crippen LogP contribution in [-0.4, -0.2) is 15.6 Å². The molecule has 98 valence electrons. The van der Waals surface area contributed by atoms with Gasteiger partial charge in [0.15, 0.2) is 5.11 Å². The lowest BCUT2D eigenvalue weighted by atomic mass is 10.0. The number of anilines is 1. The van der Waals surface area contributed by atoms with Crippen LogP contribution in [0.4, 0.5) is 5.69 Å². The van der Waals surface area contributed by atoms with Gasteiger partial charge >= 0.3 is 0 Å². The van der Waals surface area contributed by atoms with E-state index < -0.39 is 0 Å². The third-order valence-electron chi connectivity index (χ3n) is 3.35. The van der Waals surface area contributed by atoms with Gasteiger partial charge in [0.05, 0.1) is 11.2 Å². The predicted octanol–water partition coefficient (Wildman–Crippen LogP) is 3.54. The smallest absolute Gasteiger partial charge is 0.178 e. The molecular formula is C15H17N3S. The fourth-order valence-electron chi connectivity index (χ4n) is 2.61. The molecule has 0 fully saturated rings. The SMILES string of the molecule is CC1=CC(C)(C)NC(=S)N1c1ccc2cc[nH]c2c1. The molecule has 0 saturated carbocycles. The van der Waals surface area contributed by atoms with E-state index in [1.54, 1.807) is 0 Å².